The fraction of sp³-hybridized carbons (Fsp3) is 0.318. The van der Waals surface area contributed by atoms with Crippen molar-refractivity contribution in [1.29, 1.82) is 0 Å². The van der Waals surface area contributed by atoms with E-state index in [4.69, 9.17) is 0 Å². The molecular weight excluding hydrogens is 336 g/mol. The quantitative estimate of drug-likeness (QED) is 0.672. The molecule has 138 valence electrons. The molecule has 0 saturated heterocycles. The van der Waals surface area contributed by atoms with Crippen molar-refractivity contribution in [2.75, 3.05) is 11.9 Å². The lowest BCUT2D eigenvalue weighted by Crippen LogP contribution is -2.18. The number of aromatic nitrogens is 3. The van der Waals surface area contributed by atoms with Crippen LogP contribution in [-0.2, 0) is 12.8 Å². The van der Waals surface area contributed by atoms with E-state index in [0.717, 1.165) is 36.5 Å². The first-order valence-electron chi connectivity index (χ1n) is 9.50. The van der Waals surface area contributed by atoms with Crippen LogP contribution in [0.25, 0.3) is 11.4 Å². The fourth-order valence-corrected chi connectivity index (χ4v) is 3.36. The molecule has 2 N–H and O–H groups in total. The molecule has 5 heteroatoms. The zero-order valence-electron chi connectivity index (χ0n) is 15.5. The van der Waals surface area contributed by atoms with Gasteiger partial charge in [-0.25, -0.2) is 9.97 Å². The maximum Gasteiger partial charge on any atom is 0.251 e. The topological polar surface area (TPSA) is 70.7 Å². The maximum absolute atomic E-state index is 11.8. The number of rotatable bonds is 7. The summed E-state index contributed by atoms with van der Waals surface area (Å²) in [5, 5.41) is 3.48. The van der Waals surface area contributed by atoms with Gasteiger partial charge in [0.2, 0.25) is 0 Å². The molecule has 1 aliphatic rings. The number of H-pyrrole nitrogens is 1. The molecule has 2 aromatic heterocycles. The minimum Gasteiger partial charge on any atom is -0.370 e. The van der Waals surface area contributed by atoms with Crippen LogP contribution in [0.15, 0.2) is 59.5 Å². The number of nitrogens with one attached hydrogen (secondary N) is 2. The Kier molecular flexibility index (Phi) is 4.75. The van der Waals surface area contributed by atoms with Gasteiger partial charge in [-0.15, -0.1) is 0 Å². The molecule has 1 aliphatic carbocycles. The number of aryl methyl sites for hydroxylation is 1. The van der Waals surface area contributed by atoms with Gasteiger partial charge in [0.05, 0.1) is 0 Å². The minimum atomic E-state index is -0.129. The van der Waals surface area contributed by atoms with Crippen molar-refractivity contribution in [3.63, 3.8) is 0 Å². The largest absolute Gasteiger partial charge is 0.370 e. The summed E-state index contributed by atoms with van der Waals surface area (Å²) in [5.41, 5.74) is 3.22. The molecular formula is C22H24N4O. The van der Waals surface area contributed by atoms with E-state index in [-0.39, 0.29) is 5.56 Å². The number of hydrogen-bond acceptors (Lipinski definition) is 4. The van der Waals surface area contributed by atoms with Crippen molar-refractivity contribution in [3.05, 3.63) is 76.3 Å². The summed E-state index contributed by atoms with van der Waals surface area (Å²) in [4.78, 5) is 23.5. The minimum absolute atomic E-state index is 0.129. The van der Waals surface area contributed by atoms with E-state index < -0.39 is 0 Å². The summed E-state index contributed by atoms with van der Waals surface area (Å²) in [6, 6.07) is 16.1. The van der Waals surface area contributed by atoms with E-state index in [9.17, 15) is 4.79 Å². The monoisotopic (exact) mass is 360 g/mol. The van der Waals surface area contributed by atoms with Crippen LogP contribution in [0.2, 0.25) is 0 Å². The summed E-state index contributed by atoms with van der Waals surface area (Å²) in [6.07, 6.45) is 6.10. The van der Waals surface area contributed by atoms with Crippen LogP contribution < -0.4 is 10.9 Å². The molecule has 0 radical (unpaired) electrons. The summed E-state index contributed by atoms with van der Waals surface area (Å²) >= 11 is 0. The molecule has 0 atom stereocenters. The fourth-order valence-electron chi connectivity index (χ4n) is 3.36. The first-order valence-corrected chi connectivity index (χ1v) is 9.50. The molecule has 2 heterocycles. The first-order chi connectivity index (χ1) is 13.2. The molecule has 5 nitrogen and oxygen atoms in total. The van der Waals surface area contributed by atoms with Crippen molar-refractivity contribution in [3.8, 4) is 11.4 Å². The second-order valence-corrected chi connectivity index (χ2v) is 7.39. The number of anilines is 1. The van der Waals surface area contributed by atoms with Crippen LogP contribution in [0.1, 0.15) is 31.0 Å². The highest BCUT2D eigenvalue weighted by Gasteiger charge is 2.42. The molecule has 27 heavy (non-hydrogen) atoms. The Morgan fingerprint density at radius 3 is 2.63 bits per heavy atom. The molecule has 0 spiro atoms. The third-order valence-corrected chi connectivity index (χ3v) is 5.22. The van der Waals surface area contributed by atoms with Crippen molar-refractivity contribution < 1.29 is 0 Å². The Morgan fingerprint density at radius 2 is 1.96 bits per heavy atom. The van der Waals surface area contributed by atoms with Gasteiger partial charge in [0.15, 0.2) is 0 Å². The lowest BCUT2D eigenvalue weighted by Gasteiger charge is -2.16. The number of aromatic amines is 1. The zero-order valence-corrected chi connectivity index (χ0v) is 15.5. The predicted octanol–water partition coefficient (Wildman–Crippen LogP) is 3.83. The molecule has 4 rings (SSSR count). The number of nitrogens with zero attached hydrogens (tertiary/aromatic N) is 2. The summed E-state index contributed by atoms with van der Waals surface area (Å²) in [6.45, 7) is 2.91. The van der Waals surface area contributed by atoms with Gasteiger partial charge in [0, 0.05) is 30.1 Å². The maximum atomic E-state index is 11.8. The number of pyridine rings is 1. The van der Waals surface area contributed by atoms with Crippen LogP contribution in [0.5, 0.6) is 0 Å². The highest BCUT2D eigenvalue weighted by Crippen LogP contribution is 2.48. The van der Waals surface area contributed by atoms with Gasteiger partial charge in [0.25, 0.3) is 5.56 Å². The van der Waals surface area contributed by atoms with Crippen LogP contribution >= 0.6 is 0 Å². The Labute approximate surface area is 158 Å². The average Bonchev–Trinajstić information content (AvgIpc) is 3.46. The molecule has 1 aromatic carbocycles. The van der Waals surface area contributed by atoms with Gasteiger partial charge in [0.1, 0.15) is 11.6 Å². The van der Waals surface area contributed by atoms with Gasteiger partial charge in [-0.05, 0) is 48.8 Å². The third-order valence-electron chi connectivity index (χ3n) is 5.22. The number of hydrogen-bond donors (Lipinski definition) is 2. The van der Waals surface area contributed by atoms with Crippen molar-refractivity contribution >= 4 is 5.82 Å². The van der Waals surface area contributed by atoms with Gasteiger partial charge in [-0.2, -0.15) is 0 Å². The molecule has 1 saturated carbocycles. The van der Waals surface area contributed by atoms with Crippen LogP contribution in [0.4, 0.5) is 5.82 Å². The normalized spacial score (nSPS) is 14.7. The lowest BCUT2D eigenvalue weighted by molar-refractivity contribution is 0.538. The summed E-state index contributed by atoms with van der Waals surface area (Å²) < 4.78 is 0. The Balaban J connectivity index is 1.41. The zero-order chi connectivity index (χ0) is 18.7. The van der Waals surface area contributed by atoms with Gasteiger partial charge in [-0.3, -0.25) is 4.79 Å². The van der Waals surface area contributed by atoms with E-state index in [1.165, 1.54) is 24.5 Å². The van der Waals surface area contributed by atoms with E-state index in [0.29, 0.717) is 11.2 Å². The van der Waals surface area contributed by atoms with E-state index in [2.05, 4.69) is 50.6 Å². The highest BCUT2D eigenvalue weighted by molar-refractivity contribution is 5.55. The standard InChI is InChI=1S/C22H24N4O/c1-2-18-12-20(27)26-21(25-18)17-8-9-19(23-14-17)24-15-22(10-11-22)13-16-6-4-3-5-7-16/h3-9,12,14H,2,10-11,13,15H2,1H3,(H,23,24)(H,25,26,27). The second-order valence-electron chi connectivity index (χ2n) is 7.39. The number of benzene rings is 1. The van der Waals surface area contributed by atoms with Crippen LogP contribution in [0, 0.1) is 5.41 Å². The Bertz CT molecular complexity index is 960. The highest BCUT2D eigenvalue weighted by atomic mass is 16.1. The van der Waals surface area contributed by atoms with Gasteiger partial charge >= 0.3 is 0 Å². The van der Waals surface area contributed by atoms with Gasteiger partial charge in [-0.1, -0.05) is 37.3 Å². The molecule has 1 fully saturated rings. The first kappa shape index (κ1) is 17.5. The van der Waals surface area contributed by atoms with Crippen LogP contribution in [-0.4, -0.2) is 21.5 Å². The predicted molar refractivity (Wildman–Crippen MR) is 108 cm³/mol. The SMILES string of the molecule is CCc1cc(=O)[nH]c(-c2ccc(NCC3(Cc4ccccc4)CC3)nc2)n1. The third kappa shape index (κ3) is 4.25. The molecule has 0 aliphatic heterocycles. The Hall–Kier alpha value is -2.95. The van der Waals surface area contributed by atoms with E-state index in [1.807, 2.05) is 19.1 Å². The molecule has 0 amide bonds. The summed E-state index contributed by atoms with van der Waals surface area (Å²) in [5.74, 6) is 1.42. The van der Waals surface area contributed by atoms with E-state index >= 15 is 0 Å². The van der Waals surface area contributed by atoms with Crippen molar-refractivity contribution in [2.24, 2.45) is 5.41 Å². The van der Waals surface area contributed by atoms with Crippen LogP contribution in [0.3, 0.4) is 0 Å². The average molecular weight is 360 g/mol. The smallest absolute Gasteiger partial charge is 0.251 e. The summed E-state index contributed by atoms with van der Waals surface area (Å²) in [7, 11) is 0. The van der Waals surface area contributed by atoms with Gasteiger partial charge < -0.3 is 10.3 Å². The molecule has 0 unspecified atom stereocenters. The molecule has 0 bridgehead atoms. The van der Waals surface area contributed by atoms with Crippen molar-refractivity contribution in [2.45, 2.75) is 32.6 Å². The second kappa shape index (κ2) is 7.35. The van der Waals surface area contributed by atoms with Crippen molar-refractivity contribution in [1.82, 2.24) is 15.0 Å². The lowest BCUT2D eigenvalue weighted by atomic mass is 9.96. The molecule has 3 aromatic rings. The van der Waals surface area contributed by atoms with E-state index in [1.54, 1.807) is 6.20 Å². The Morgan fingerprint density at radius 1 is 1.15 bits per heavy atom.